The van der Waals surface area contributed by atoms with Gasteiger partial charge in [-0.15, -0.1) is 6.42 Å². The summed E-state index contributed by atoms with van der Waals surface area (Å²) < 4.78 is 7.98. The molecule has 4 atom stereocenters. The van der Waals surface area contributed by atoms with E-state index in [2.05, 4.69) is 51.8 Å². The monoisotopic (exact) mass is 337 g/mol. The van der Waals surface area contributed by atoms with Crippen LogP contribution < -0.4 is 0 Å². The summed E-state index contributed by atoms with van der Waals surface area (Å²) >= 11 is 0. The van der Waals surface area contributed by atoms with Crippen LogP contribution in [0, 0.1) is 18.3 Å². The van der Waals surface area contributed by atoms with Gasteiger partial charge < -0.3 is 4.74 Å². The quantitative estimate of drug-likeness (QED) is 0.758. The maximum absolute atomic E-state index is 5.82. The molecule has 132 valence electrons. The highest BCUT2D eigenvalue weighted by Crippen LogP contribution is 2.37. The van der Waals surface area contributed by atoms with Crippen molar-refractivity contribution in [2.45, 2.75) is 57.3 Å². The number of fused-ring (bicyclic) bond motifs is 3. The van der Waals surface area contributed by atoms with Crippen LogP contribution in [0.2, 0.25) is 0 Å². The van der Waals surface area contributed by atoms with E-state index in [1.807, 2.05) is 6.20 Å². The smallest absolute Gasteiger partial charge is 0.107 e. The third kappa shape index (κ3) is 3.44. The molecule has 0 amide bonds. The molecule has 0 N–H and O–H groups in total. The summed E-state index contributed by atoms with van der Waals surface area (Å²) in [7, 11) is 0. The second-order valence-corrected chi connectivity index (χ2v) is 7.68. The maximum Gasteiger partial charge on any atom is 0.107 e. The zero-order chi connectivity index (χ0) is 17.2. The van der Waals surface area contributed by atoms with E-state index in [0.29, 0.717) is 30.7 Å². The second-order valence-electron chi connectivity index (χ2n) is 7.68. The fraction of sp³-hybridized carbons (Fsp3) is 0.571. The fourth-order valence-electron chi connectivity index (χ4n) is 4.71. The van der Waals surface area contributed by atoms with E-state index in [1.54, 1.807) is 0 Å². The van der Waals surface area contributed by atoms with Crippen molar-refractivity contribution in [3.8, 4) is 12.3 Å². The van der Waals surface area contributed by atoms with Gasteiger partial charge >= 0.3 is 0 Å². The Balaban J connectivity index is 1.37. The molecule has 4 rings (SSSR count). The summed E-state index contributed by atoms with van der Waals surface area (Å²) in [6, 6.07) is 9.78. The summed E-state index contributed by atoms with van der Waals surface area (Å²) in [4.78, 5) is 2.73. The number of rotatable bonds is 6. The number of terminal acetylenes is 1. The summed E-state index contributed by atoms with van der Waals surface area (Å²) in [6.07, 6.45) is 12.5. The van der Waals surface area contributed by atoms with Crippen LogP contribution in [0.5, 0.6) is 0 Å². The van der Waals surface area contributed by atoms with E-state index in [-0.39, 0.29) is 0 Å². The number of benzene rings is 1. The first kappa shape index (κ1) is 16.6. The fourth-order valence-corrected chi connectivity index (χ4v) is 4.71. The molecule has 2 unspecified atom stereocenters. The minimum Gasteiger partial charge on any atom is -0.365 e. The van der Waals surface area contributed by atoms with E-state index in [4.69, 9.17) is 11.2 Å². The van der Waals surface area contributed by atoms with Crippen molar-refractivity contribution in [2.24, 2.45) is 5.92 Å². The van der Waals surface area contributed by atoms with Gasteiger partial charge in [0.2, 0.25) is 0 Å². The Kier molecular flexibility index (Phi) is 4.78. The van der Waals surface area contributed by atoms with Crippen LogP contribution in [0.4, 0.5) is 0 Å². The lowest BCUT2D eigenvalue weighted by Gasteiger charge is -2.40. The van der Waals surface area contributed by atoms with Crippen LogP contribution in [0.25, 0.3) is 10.9 Å². The Morgan fingerprint density at radius 3 is 2.76 bits per heavy atom. The van der Waals surface area contributed by atoms with Gasteiger partial charge in [0, 0.05) is 30.6 Å². The predicted molar refractivity (Wildman–Crippen MR) is 100 cm³/mol. The number of ether oxygens (including phenoxy) is 1. The van der Waals surface area contributed by atoms with E-state index in [0.717, 1.165) is 25.9 Å². The number of para-hydroxylation sites is 1. The van der Waals surface area contributed by atoms with Gasteiger partial charge in [-0.05, 0) is 37.7 Å². The Hall–Kier alpha value is -1.83. The molecule has 25 heavy (non-hydrogen) atoms. The lowest BCUT2D eigenvalue weighted by atomic mass is 9.98. The molecule has 3 heterocycles. The second kappa shape index (κ2) is 7.19. The van der Waals surface area contributed by atoms with Gasteiger partial charge in [-0.2, -0.15) is 5.10 Å². The van der Waals surface area contributed by atoms with Crippen molar-refractivity contribution >= 4 is 10.9 Å². The average molecular weight is 337 g/mol. The number of hydrogen-bond acceptors (Lipinski definition) is 3. The highest BCUT2D eigenvalue weighted by Gasteiger charge is 2.41. The number of aromatic nitrogens is 2. The Morgan fingerprint density at radius 1 is 1.24 bits per heavy atom. The minimum atomic E-state index is 0.357. The zero-order valence-electron chi connectivity index (χ0n) is 15.0. The lowest BCUT2D eigenvalue weighted by Crippen LogP contribution is -2.47. The maximum atomic E-state index is 5.82. The first-order valence-electron chi connectivity index (χ1n) is 9.46. The van der Waals surface area contributed by atoms with Gasteiger partial charge in [-0.1, -0.05) is 31.0 Å². The molecule has 0 radical (unpaired) electrons. The average Bonchev–Trinajstić information content (AvgIpc) is 3.11. The van der Waals surface area contributed by atoms with Gasteiger partial charge in [-0.3, -0.25) is 9.58 Å². The van der Waals surface area contributed by atoms with Crippen LogP contribution in [0.15, 0.2) is 30.5 Å². The van der Waals surface area contributed by atoms with Crippen LogP contribution in [0.3, 0.4) is 0 Å². The lowest BCUT2D eigenvalue weighted by molar-refractivity contribution is -0.0117. The third-order valence-electron chi connectivity index (χ3n) is 5.80. The van der Waals surface area contributed by atoms with E-state index >= 15 is 0 Å². The van der Waals surface area contributed by atoms with Crippen LogP contribution in [-0.4, -0.2) is 46.0 Å². The predicted octanol–water partition coefficient (Wildman–Crippen LogP) is 3.32. The molecule has 2 saturated heterocycles. The van der Waals surface area contributed by atoms with Gasteiger partial charge in [0.15, 0.2) is 0 Å². The minimum absolute atomic E-state index is 0.357. The molecule has 1 aromatic carbocycles. The van der Waals surface area contributed by atoms with Gasteiger partial charge in [0.05, 0.1) is 17.8 Å². The molecule has 4 heteroatoms. The number of nitrogens with zero attached hydrogens (tertiary/aromatic N) is 3. The molecule has 0 aliphatic carbocycles. The highest BCUT2D eigenvalue weighted by atomic mass is 16.5. The molecule has 2 fully saturated rings. The summed E-state index contributed by atoms with van der Waals surface area (Å²) in [5.74, 6) is 3.18. The topological polar surface area (TPSA) is 30.3 Å². The molecular formula is C21H27N3O. The van der Waals surface area contributed by atoms with Crippen molar-refractivity contribution in [3.05, 3.63) is 30.5 Å². The SMILES string of the molecule is C#CCOC1C[C@H]2CC[C@@H](C1)N2CC(C)Cn1ncc2ccccc21. The molecule has 1 aromatic heterocycles. The first-order valence-corrected chi connectivity index (χ1v) is 9.46. The largest absolute Gasteiger partial charge is 0.365 e. The molecule has 2 aliphatic heterocycles. The summed E-state index contributed by atoms with van der Waals surface area (Å²) in [5, 5.41) is 5.81. The summed E-state index contributed by atoms with van der Waals surface area (Å²) in [6.45, 7) is 4.91. The molecule has 0 saturated carbocycles. The van der Waals surface area contributed by atoms with Crippen LogP contribution in [-0.2, 0) is 11.3 Å². The Bertz CT molecular complexity index is 748. The van der Waals surface area contributed by atoms with Gasteiger partial charge in [0.1, 0.15) is 6.61 Å². The summed E-state index contributed by atoms with van der Waals surface area (Å²) in [5.41, 5.74) is 1.23. The van der Waals surface area contributed by atoms with E-state index in [9.17, 15) is 0 Å². The van der Waals surface area contributed by atoms with Gasteiger partial charge in [-0.25, -0.2) is 0 Å². The van der Waals surface area contributed by atoms with Crippen LogP contribution >= 0.6 is 0 Å². The normalized spacial score (nSPS) is 27.4. The number of hydrogen-bond donors (Lipinski definition) is 0. The molecule has 2 bridgehead atoms. The van der Waals surface area contributed by atoms with Gasteiger partial charge in [0.25, 0.3) is 0 Å². The van der Waals surface area contributed by atoms with Crippen molar-refractivity contribution in [1.82, 2.24) is 14.7 Å². The van der Waals surface area contributed by atoms with Crippen molar-refractivity contribution in [3.63, 3.8) is 0 Å². The zero-order valence-corrected chi connectivity index (χ0v) is 15.0. The highest BCUT2D eigenvalue weighted by molar-refractivity contribution is 5.78. The van der Waals surface area contributed by atoms with Crippen molar-refractivity contribution in [1.29, 1.82) is 0 Å². The number of piperidine rings is 1. The van der Waals surface area contributed by atoms with Crippen LogP contribution in [0.1, 0.15) is 32.6 Å². The molecule has 2 aromatic rings. The van der Waals surface area contributed by atoms with E-state index in [1.165, 1.54) is 23.7 Å². The molecular weight excluding hydrogens is 310 g/mol. The van der Waals surface area contributed by atoms with E-state index < -0.39 is 0 Å². The Labute approximate surface area is 150 Å². The standard InChI is InChI=1S/C21H27N3O/c1-3-10-25-20-11-18-8-9-19(12-20)23(18)14-16(2)15-24-21-7-5-4-6-17(21)13-22-24/h1,4-7,13,16,18-20H,8-12,14-15H2,2H3/t16?,18-,19+,20?. The first-order chi connectivity index (χ1) is 12.2. The molecule has 2 aliphatic rings. The molecule has 4 nitrogen and oxygen atoms in total. The third-order valence-corrected chi connectivity index (χ3v) is 5.80. The Morgan fingerprint density at radius 2 is 2.00 bits per heavy atom. The van der Waals surface area contributed by atoms with Crippen molar-refractivity contribution in [2.75, 3.05) is 13.2 Å². The molecule has 0 spiro atoms. The van der Waals surface area contributed by atoms with Crippen molar-refractivity contribution < 1.29 is 4.74 Å².